The number of amides is 1. The maximum absolute atomic E-state index is 11.5. The SMILES string of the molecule is CSCCN(C)C(=O)Oc1ccccc1. The van der Waals surface area contributed by atoms with Crippen molar-refractivity contribution in [2.75, 3.05) is 25.6 Å². The number of para-hydroxylation sites is 1. The Morgan fingerprint density at radius 2 is 2.07 bits per heavy atom. The molecule has 1 amide bonds. The van der Waals surface area contributed by atoms with Crippen LogP contribution in [-0.2, 0) is 0 Å². The van der Waals surface area contributed by atoms with Gasteiger partial charge in [-0.3, -0.25) is 0 Å². The first-order valence-corrected chi connectivity index (χ1v) is 6.10. The molecule has 0 N–H and O–H groups in total. The van der Waals surface area contributed by atoms with E-state index in [1.807, 2.05) is 24.5 Å². The molecule has 15 heavy (non-hydrogen) atoms. The fraction of sp³-hybridized carbons (Fsp3) is 0.364. The number of benzene rings is 1. The number of carbonyl (C=O) groups is 1. The molecule has 0 saturated carbocycles. The van der Waals surface area contributed by atoms with Crippen LogP contribution in [0.25, 0.3) is 0 Å². The van der Waals surface area contributed by atoms with Gasteiger partial charge in [-0.25, -0.2) is 4.79 Å². The van der Waals surface area contributed by atoms with Crippen molar-refractivity contribution in [3.8, 4) is 5.75 Å². The van der Waals surface area contributed by atoms with Crippen LogP contribution in [0.15, 0.2) is 30.3 Å². The van der Waals surface area contributed by atoms with Crippen molar-refractivity contribution in [2.24, 2.45) is 0 Å². The highest BCUT2D eigenvalue weighted by Crippen LogP contribution is 2.09. The van der Waals surface area contributed by atoms with E-state index in [4.69, 9.17) is 4.74 Å². The molecule has 0 unspecified atom stereocenters. The molecule has 1 rings (SSSR count). The lowest BCUT2D eigenvalue weighted by atomic mass is 10.3. The second-order valence-corrected chi connectivity index (χ2v) is 4.08. The third-order valence-electron chi connectivity index (χ3n) is 1.89. The summed E-state index contributed by atoms with van der Waals surface area (Å²) in [5.74, 6) is 1.50. The first kappa shape index (κ1) is 11.9. The van der Waals surface area contributed by atoms with Crippen molar-refractivity contribution in [3.05, 3.63) is 30.3 Å². The number of thioether (sulfide) groups is 1. The number of hydrogen-bond donors (Lipinski definition) is 0. The standard InChI is InChI=1S/C11H15NO2S/c1-12(8-9-15-2)11(13)14-10-6-4-3-5-7-10/h3-7H,8-9H2,1-2H3. The van der Waals surface area contributed by atoms with E-state index >= 15 is 0 Å². The molecular formula is C11H15NO2S. The van der Waals surface area contributed by atoms with Crippen molar-refractivity contribution in [3.63, 3.8) is 0 Å². The summed E-state index contributed by atoms with van der Waals surface area (Å²) in [7, 11) is 1.74. The van der Waals surface area contributed by atoms with Crippen LogP contribution in [0.3, 0.4) is 0 Å². The van der Waals surface area contributed by atoms with Gasteiger partial charge < -0.3 is 9.64 Å². The summed E-state index contributed by atoms with van der Waals surface area (Å²) in [6.07, 6.45) is 1.70. The molecule has 1 aromatic rings. The predicted molar refractivity (Wildman–Crippen MR) is 63.5 cm³/mol. The van der Waals surface area contributed by atoms with E-state index in [1.54, 1.807) is 35.8 Å². The first-order valence-electron chi connectivity index (χ1n) is 4.71. The molecule has 0 atom stereocenters. The van der Waals surface area contributed by atoms with E-state index in [9.17, 15) is 4.79 Å². The summed E-state index contributed by atoms with van der Waals surface area (Å²) < 4.78 is 5.15. The van der Waals surface area contributed by atoms with Gasteiger partial charge in [0.25, 0.3) is 0 Å². The minimum absolute atomic E-state index is 0.310. The smallest absolute Gasteiger partial charge is 0.410 e. The number of nitrogens with zero attached hydrogens (tertiary/aromatic N) is 1. The van der Waals surface area contributed by atoms with E-state index in [-0.39, 0.29) is 6.09 Å². The maximum atomic E-state index is 11.5. The number of carbonyl (C=O) groups excluding carboxylic acids is 1. The normalized spacial score (nSPS) is 9.73. The molecular weight excluding hydrogens is 210 g/mol. The van der Waals surface area contributed by atoms with E-state index in [0.29, 0.717) is 12.3 Å². The molecule has 1 aromatic carbocycles. The molecule has 0 fully saturated rings. The van der Waals surface area contributed by atoms with Gasteiger partial charge in [0, 0.05) is 19.3 Å². The topological polar surface area (TPSA) is 29.5 Å². The Bertz CT molecular complexity index is 303. The minimum Gasteiger partial charge on any atom is -0.410 e. The lowest BCUT2D eigenvalue weighted by Crippen LogP contribution is -2.31. The monoisotopic (exact) mass is 225 g/mol. The fourth-order valence-electron chi connectivity index (χ4n) is 0.987. The third-order valence-corrected chi connectivity index (χ3v) is 2.48. The van der Waals surface area contributed by atoms with E-state index in [1.165, 1.54) is 0 Å². The van der Waals surface area contributed by atoms with Crippen molar-refractivity contribution in [1.82, 2.24) is 4.90 Å². The van der Waals surface area contributed by atoms with E-state index < -0.39 is 0 Å². The molecule has 0 aliphatic heterocycles. The van der Waals surface area contributed by atoms with Gasteiger partial charge in [-0.15, -0.1) is 0 Å². The minimum atomic E-state index is -0.310. The van der Waals surface area contributed by atoms with Crippen molar-refractivity contribution in [2.45, 2.75) is 0 Å². The summed E-state index contributed by atoms with van der Waals surface area (Å²) in [5, 5.41) is 0. The molecule has 0 aromatic heterocycles. The summed E-state index contributed by atoms with van der Waals surface area (Å²) in [4.78, 5) is 13.1. The predicted octanol–water partition coefficient (Wildman–Crippen LogP) is 2.48. The third kappa shape index (κ3) is 4.25. The average Bonchev–Trinajstić information content (AvgIpc) is 2.27. The molecule has 0 aliphatic carbocycles. The lowest BCUT2D eigenvalue weighted by molar-refractivity contribution is 0.165. The van der Waals surface area contributed by atoms with Gasteiger partial charge in [-0.2, -0.15) is 11.8 Å². The van der Waals surface area contributed by atoms with Crippen LogP contribution in [0.4, 0.5) is 4.79 Å². The van der Waals surface area contributed by atoms with Gasteiger partial charge in [0.15, 0.2) is 0 Å². The zero-order chi connectivity index (χ0) is 11.1. The van der Waals surface area contributed by atoms with Gasteiger partial charge in [0.05, 0.1) is 0 Å². The van der Waals surface area contributed by atoms with Crippen LogP contribution in [0.2, 0.25) is 0 Å². The van der Waals surface area contributed by atoms with Crippen LogP contribution in [0.5, 0.6) is 5.75 Å². The molecule has 82 valence electrons. The van der Waals surface area contributed by atoms with Crippen LogP contribution in [-0.4, -0.2) is 36.6 Å². The fourth-order valence-corrected chi connectivity index (χ4v) is 1.44. The van der Waals surface area contributed by atoms with Gasteiger partial charge in [0.1, 0.15) is 5.75 Å². The Labute approximate surface area is 94.4 Å². The lowest BCUT2D eigenvalue weighted by Gasteiger charge is -2.15. The van der Waals surface area contributed by atoms with Gasteiger partial charge >= 0.3 is 6.09 Å². The summed E-state index contributed by atoms with van der Waals surface area (Å²) >= 11 is 1.70. The summed E-state index contributed by atoms with van der Waals surface area (Å²) in [6, 6.07) is 9.09. The molecule has 0 aliphatic rings. The zero-order valence-electron chi connectivity index (χ0n) is 8.97. The molecule has 3 nitrogen and oxygen atoms in total. The Balaban J connectivity index is 2.42. The van der Waals surface area contributed by atoms with E-state index in [0.717, 1.165) is 5.75 Å². The second-order valence-electron chi connectivity index (χ2n) is 3.10. The Morgan fingerprint density at radius 1 is 1.40 bits per heavy atom. The first-order chi connectivity index (χ1) is 7.24. The molecule has 0 radical (unpaired) electrons. The van der Waals surface area contributed by atoms with Gasteiger partial charge in [-0.05, 0) is 18.4 Å². The van der Waals surface area contributed by atoms with Crippen LogP contribution >= 0.6 is 11.8 Å². The number of rotatable bonds is 4. The zero-order valence-corrected chi connectivity index (χ0v) is 9.79. The highest BCUT2D eigenvalue weighted by molar-refractivity contribution is 7.98. The largest absolute Gasteiger partial charge is 0.414 e. The van der Waals surface area contributed by atoms with Crippen molar-refractivity contribution >= 4 is 17.9 Å². The summed E-state index contributed by atoms with van der Waals surface area (Å²) in [6.45, 7) is 0.701. The molecule has 0 heterocycles. The molecule has 4 heteroatoms. The highest BCUT2D eigenvalue weighted by atomic mass is 32.2. The molecule has 0 spiro atoms. The van der Waals surface area contributed by atoms with Gasteiger partial charge in [-0.1, -0.05) is 18.2 Å². The second kappa shape index (κ2) is 6.35. The van der Waals surface area contributed by atoms with Crippen LogP contribution in [0.1, 0.15) is 0 Å². The highest BCUT2D eigenvalue weighted by Gasteiger charge is 2.09. The molecule has 0 bridgehead atoms. The maximum Gasteiger partial charge on any atom is 0.414 e. The quantitative estimate of drug-likeness (QED) is 0.788. The molecule has 0 saturated heterocycles. The van der Waals surface area contributed by atoms with Crippen molar-refractivity contribution < 1.29 is 9.53 Å². The number of hydrogen-bond acceptors (Lipinski definition) is 3. The number of ether oxygens (including phenoxy) is 1. The average molecular weight is 225 g/mol. The Kier molecular flexibility index (Phi) is 5.04. The van der Waals surface area contributed by atoms with Crippen molar-refractivity contribution in [1.29, 1.82) is 0 Å². The Hall–Kier alpha value is -1.16. The van der Waals surface area contributed by atoms with Crippen LogP contribution < -0.4 is 4.74 Å². The van der Waals surface area contributed by atoms with Gasteiger partial charge in [0.2, 0.25) is 0 Å². The van der Waals surface area contributed by atoms with Crippen LogP contribution in [0, 0.1) is 0 Å². The van der Waals surface area contributed by atoms with E-state index in [2.05, 4.69) is 0 Å². The Morgan fingerprint density at radius 3 is 2.67 bits per heavy atom. The summed E-state index contributed by atoms with van der Waals surface area (Å²) in [5.41, 5.74) is 0.